The maximum Gasteiger partial charge on any atom is 0.311 e. The number of carbonyl (C=O) groups excluding carboxylic acids is 1. The van der Waals surface area contributed by atoms with Gasteiger partial charge in [-0.3, -0.25) is 14.6 Å². The number of fused-ring (bicyclic) bond motifs is 2. The van der Waals surface area contributed by atoms with Gasteiger partial charge in [-0.1, -0.05) is 25.5 Å². The molecule has 2 heterocycles. The Morgan fingerprint density at radius 2 is 1.96 bits per heavy atom. The number of piperazine rings is 1. The molecule has 2 N–H and O–H groups in total. The molecular weight excluding hydrogens is 344 g/mol. The maximum atomic E-state index is 12.7. The van der Waals surface area contributed by atoms with Gasteiger partial charge >= 0.3 is 5.97 Å². The first-order valence-corrected chi connectivity index (χ1v) is 10.6. The minimum absolute atomic E-state index is 0.101. The van der Waals surface area contributed by atoms with Gasteiger partial charge in [-0.25, -0.2) is 0 Å². The Balaban J connectivity index is 1.48. The molecule has 3 fully saturated rings. The van der Waals surface area contributed by atoms with E-state index in [0.29, 0.717) is 19.0 Å². The van der Waals surface area contributed by atoms with Crippen LogP contribution in [-0.4, -0.2) is 84.1 Å². The summed E-state index contributed by atoms with van der Waals surface area (Å²) in [6, 6.07) is 0. The van der Waals surface area contributed by atoms with Crippen molar-refractivity contribution in [1.29, 1.82) is 0 Å². The van der Waals surface area contributed by atoms with Gasteiger partial charge in [0.05, 0.1) is 18.6 Å². The Bertz CT molecular complexity index is 601. The second-order valence-electron chi connectivity index (χ2n) is 9.16. The predicted molar refractivity (Wildman–Crippen MR) is 102 cm³/mol. The highest BCUT2D eigenvalue weighted by Crippen LogP contribution is 2.56. The molecule has 0 bridgehead atoms. The number of β-amino-alcohol motifs (C(OH)–C–C–N with tert-alkyl or cyclic N) is 1. The van der Waals surface area contributed by atoms with Crippen LogP contribution in [0.15, 0.2) is 11.6 Å². The molecule has 0 aromatic carbocycles. The molecule has 0 unspecified atom stereocenters. The first-order valence-electron chi connectivity index (χ1n) is 10.6. The van der Waals surface area contributed by atoms with E-state index in [4.69, 9.17) is 9.84 Å². The standard InChI is InChI=1S/C21H34N2O4/c1-14-4-3-5-15-12-17-18(19(25)21(14,15)2)16(20(26)27-17)13-23-8-6-22(7-9-23)10-11-24/h5,14,16-19,24-25H,3-4,6-13H2,1-2H3/t14-,16+,17-,18-,19+,21-/m1/s1. The number of esters is 1. The van der Waals surface area contributed by atoms with E-state index in [1.54, 1.807) is 0 Å². The summed E-state index contributed by atoms with van der Waals surface area (Å²) in [4.78, 5) is 17.3. The Kier molecular flexibility index (Phi) is 5.36. The van der Waals surface area contributed by atoms with Crippen molar-refractivity contribution < 1.29 is 19.7 Å². The Labute approximate surface area is 162 Å². The molecule has 1 saturated carbocycles. The van der Waals surface area contributed by atoms with E-state index in [9.17, 15) is 9.90 Å². The fraction of sp³-hybridized carbons (Fsp3) is 0.857. The van der Waals surface area contributed by atoms with Gasteiger partial charge in [0.2, 0.25) is 0 Å². The van der Waals surface area contributed by atoms with Gasteiger partial charge in [0, 0.05) is 57.0 Å². The molecule has 4 aliphatic rings. The summed E-state index contributed by atoms with van der Waals surface area (Å²) in [6.45, 7) is 9.65. The van der Waals surface area contributed by atoms with Crippen molar-refractivity contribution in [1.82, 2.24) is 9.80 Å². The van der Waals surface area contributed by atoms with Crippen molar-refractivity contribution in [2.24, 2.45) is 23.2 Å². The molecule has 6 atom stereocenters. The van der Waals surface area contributed by atoms with Crippen molar-refractivity contribution in [2.45, 2.75) is 45.3 Å². The molecule has 0 amide bonds. The van der Waals surface area contributed by atoms with Crippen LogP contribution in [-0.2, 0) is 9.53 Å². The second kappa shape index (κ2) is 7.47. The fourth-order valence-corrected chi connectivity index (χ4v) is 5.89. The van der Waals surface area contributed by atoms with Gasteiger partial charge in [0.25, 0.3) is 0 Å². The average Bonchev–Trinajstić information content (AvgIpc) is 2.95. The summed E-state index contributed by atoms with van der Waals surface area (Å²) in [5.41, 5.74) is 1.06. The molecule has 0 aromatic heterocycles. The van der Waals surface area contributed by atoms with Crippen molar-refractivity contribution in [3.05, 3.63) is 11.6 Å². The van der Waals surface area contributed by atoms with Crippen molar-refractivity contribution in [3.8, 4) is 0 Å². The molecule has 27 heavy (non-hydrogen) atoms. The molecule has 4 rings (SSSR count). The SMILES string of the molecule is C[C@@H]1CCC=C2C[C@H]3OC(=O)[C@@H](CN4CCN(CCO)CC4)[C@H]3[C@H](O)[C@@]21C. The molecule has 0 aromatic rings. The third-order valence-electron chi connectivity index (χ3n) is 7.91. The lowest BCUT2D eigenvalue weighted by Crippen LogP contribution is -2.55. The zero-order valence-corrected chi connectivity index (χ0v) is 16.6. The van der Waals surface area contributed by atoms with E-state index < -0.39 is 6.10 Å². The number of aliphatic hydroxyl groups excluding tert-OH is 2. The smallest absolute Gasteiger partial charge is 0.311 e. The first kappa shape index (κ1) is 19.4. The van der Waals surface area contributed by atoms with Crippen LogP contribution in [0.1, 0.15) is 33.1 Å². The maximum absolute atomic E-state index is 12.7. The third-order valence-corrected chi connectivity index (χ3v) is 7.91. The van der Waals surface area contributed by atoms with Crippen LogP contribution in [0.4, 0.5) is 0 Å². The minimum Gasteiger partial charge on any atom is -0.461 e. The summed E-state index contributed by atoms with van der Waals surface area (Å²) >= 11 is 0. The summed E-state index contributed by atoms with van der Waals surface area (Å²) in [5.74, 6) is -0.0401. The zero-order valence-electron chi connectivity index (χ0n) is 16.6. The topological polar surface area (TPSA) is 73.2 Å². The van der Waals surface area contributed by atoms with E-state index >= 15 is 0 Å². The first-order chi connectivity index (χ1) is 12.9. The highest BCUT2D eigenvalue weighted by Gasteiger charge is 2.59. The van der Waals surface area contributed by atoms with Crippen LogP contribution in [0, 0.1) is 23.2 Å². The molecule has 6 nitrogen and oxygen atoms in total. The van der Waals surface area contributed by atoms with Gasteiger partial charge in [0.1, 0.15) is 6.10 Å². The lowest BCUT2D eigenvalue weighted by Gasteiger charge is -2.52. The Hall–Kier alpha value is -0.950. The van der Waals surface area contributed by atoms with Crippen LogP contribution in [0.2, 0.25) is 0 Å². The minimum atomic E-state index is -0.523. The molecule has 2 saturated heterocycles. The largest absolute Gasteiger partial charge is 0.461 e. The quantitative estimate of drug-likeness (QED) is 0.559. The van der Waals surface area contributed by atoms with E-state index in [0.717, 1.165) is 45.4 Å². The Morgan fingerprint density at radius 1 is 1.26 bits per heavy atom. The molecule has 6 heteroatoms. The summed E-state index contributed by atoms with van der Waals surface area (Å²) < 4.78 is 5.77. The predicted octanol–water partition coefficient (Wildman–Crippen LogP) is 0.881. The molecule has 152 valence electrons. The Morgan fingerprint density at radius 3 is 2.67 bits per heavy atom. The van der Waals surface area contributed by atoms with Crippen LogP contribution in [0.5, 0.6) is 0 Å². The molecule has 2 aliphatic carbocycles. The van der Waals surface area contributed by atoms with Crippen LogP contribution in [0.25, 0.3) is 0 Å². The van der Waals surface area contributed by atoms with E-state index in [-0.39, 0.29) is 35.9 Å². The van der Waals surface area contributed by atoms with Crippen molar-refractivity contribution in [2.75, 3.05) is 45.9 Å². The number of nitrogens with zero attached hydrogens (tertiary/aromatic N) is 2. The number of allylic oxidation sites excluding steroid dienone is 1. The van der Waals surface area contributed by atoms with E-state index in [1.807, 2.05) is 0 Å². The molecular formula is C21H34N2O4. The van der Waals surface area contributed by atoms with E-state index in [2.05, 4.69) is 29.7 Å². The number of aliphatic hydroxyl groups is 2. The lowest BCUT2D eigenvalue weighted by molar-refractivity contribution is -0.145. The normalized spacial score (nSPS) is 43.0. The monoisotopic (exact) mass is 378 g/mol. The molecule has 0 radical (unpaired) electrons. The van der Waals surface area contributed by atoms with Gasteiger partial charge in [-0.15, -0.1) is 0 Å². The number of ether oxygens (including phenoxy) is 1. The van der Waals surface area contributed by atoms with Gasteiger partial charge in [-0.2, -0.15) is 0 Å². The van der Waals surface area contributed by atoms with Crippen LogP contribution >= 0.6 is 0 Å². The van der Waals surface area contributed by atoms with Gasteiger partial charge < -0.3 is 14.9 Å². The van der Waals surface area contributed by atoms with Crippen LogP contribution < -0.4 is 0 Å². The number of hydrogen-bond acceptors (Lipinski definition) is 6. The summed E-state index contributed by atoms with van der Waals surface area (Å²) in [5, 5.41) is 20.5. The number of carbonyl (C=O) groups is 1. The molecule has 0 spiro atoms. The lowest BCUT2D eigenvalue weighted by atomic mass is 9.55. The highest BCUT2D eigenvalue weighted by molar-refractivity contribution is 5.76. The third kappa shape index (κ3) is 3.24. The van der Waals surface area contributed by atoms with Crippen molar-refractivity contribution >= 4 is 5.97 Å². The van der Waals surface area contributed by atoms with E-state index in [1.165, 1.54) is 5.57 Å². The number of rotatable bonds is 4. The summed E-state index contributed by atoms with van der Waals surface area (Å²) in [6.07, 6.45) is 4.53. The summed E-state index contributed by atoms with van der Waals surface area (Å²) in [7, 11) is 0. The average molecular weight is 379 g/mol. The van der Waals surface area contributed by atoms with Gasteiger partial charge in [-0.05, 0) is 18.8 Å². The van der Waals surface area contributed by atoms with Gasteiger partial charge in [0.15, 0.2) is 0 Å². The van der Waals surface area contributed by atoms with Crippen LogP contribution in [0.3, 0.4) is 0 Å². The highest BCUT2D eigenvalue weighted by atomic mass is 16.6. The second-order valence-corrected chi connectivity index (χ2v) is 9.16. The fourth-order valence-electron chi connectivity index (χ4n) is 5.89. The number of hydrogen-bond donors (Lipinski definition) is 2. The molecule has 2 aliphatic heterocycles. The zero-order chi connectivity index (χ0) is 19.2. The van der Waals surface area contributed by atoms with Crippen molar-refractivity contribution in [3.63, 3.8) is 0 Å².